The van der Waals surface area contributed by atoms with Gasteiger partial charge >= 0.3 is 0 Å². The Kier molecular flexibility index (Phi) is 1.49. The molecule has 0 saturated carbocycles. The summed E-state index contributed by atoms with van der Waals surface area (Å²) in [6, 6.07) is 6.38. The largest absolute Gasteiger partial charge is 0.0634 e. The third-order valence-corrected chi connectivity index (χ3v) is 1.54. The molecule has 0 aliphatic carbocycles. The van der Waals surface area contributed by atoms with Crippen molar-refractivity contribution in [2.75, 3.05) is 0 Å². The highest BCUT2D eigenvalue weighted by Gasteiger charge is 1.82. The molecule has 0 heterocycles. The van der Waals surface area contributed by atoms with Crippen molar-refractivity contribution in [3.05, 3.63) is 33.4 Å². The smallest absolute Gasteiger partial charge is 0.0610 e. The van der Waals surface area contributed by atoms with Gasteiger partial charge in [-0.3, -0.25) is 0 Å². The summed E-state index contributed by atoms with van der Waals surface area (Å²) in [5.41, 5.74) is 1.22. The van der Waals surface area contributed by atoms with Crippen LogP contribution in [0.2, 0.25) is 0 Å². The van der Waals surface area contributed by atoms with Crippen LogP contribution in [0.15, 0.2) is 24.2 Å². The second-order valence-corrected chi connectivity index (χ2v) is 2.88. The Morgan fingerprint density at radius 1 is 1.75 bits per heavy atom. The molecule has 0 bridgehead atoms. The number of aryl methyl sites for hydroxylation is 1. The standard InChI is InChI=1S/C7H7I/c1-6-3-2-4-7(8)5-6/h2-5H,1H3/i4D. The maximum Gasteiger partial charge on any atom is 0.0634 e. The highest BCUT2D eigenvalue weighted by Crippen LogP contribution is 2.05. The average Bonchev–Trinajstić information content (AvgIpc) is 1.80. The molecule has 0 spiro atoms. The van der Waals surface area contributed by atoms with Crippen LogP contribution in [0.25, 0.3) is 0 Å². The maximum atomic E-state index is 7.31. The van der Waals surface area contributed by atoms with E-state index in [1.165, 1.54) is 5.56 Å². The van der Waals surface area contributed by atoms with Gasteiger partial charge in [0.15, 0.2) is 0 Å². The van der Waals surface area contributed by atoms with Crippen LogP contribution < -0.4 is 0 Å². The van der Waals surface area contributed by atoms with Crippen molar-refractivity contribution in [2.45, 2.75) is 6.92 Å². The summed E-state index contributed by atoms with van der Waals surface area (Å²) in [5.74, 6) is 0. The van der Waals surface area contributed by atoms with E-state index in [2.05, 4.69) is 22.6 Å². The van der Waals surface area contributed by atoms with Gasteiger partial charge in [0.2, 0.25) is 0 Å². The van der Waals surface area contributed by atoms with Crippen molar-refractivity contribution in [3.8, 4) is 0 Å². The van der Waals surface area contributed by atoms with Crippen molar-refractivity contribution in [2.24, 2.45) is 0 Å². The first-order chi connectivity index (χ1) is 4.20. The molecule has 0 unspecified atom stereocenters. The van der Waals surface area contributed by atoms with E-state index >= 15 is 0 Å². The van der Waals surface area contributed by atoms with E-state index in [4.69, 9.17) is 1.37 Å². The van der Waals surface area contributed by atoms with Crippen molar-refractivity contribution >= 4 is 22.6 Å². The molecule has 0 N–H and O–H groups in total. The van der Waals surface area contributed by atoms with Gasteiger partial charge in [-0.05, 0) is 41.6 Å². The van der Waals surface area contributed by atoms with Crippen LogP contribution in [-0.2, 0) is 0 Å². The molecule has 1 heteroatoms. The first-order valence-electron chi connectivity index (χ1n) is 2.93. The van der Waals surface area contributed by atoms with Gasteiger partial charge in [0.25, 0.3) is 0 Å². The Morgan fingerprint density at radius 3 is 3.00 bits per heavy atom. The normalized spacial score (nSPS) is 11.0. The zero-order chi connectivity index (χ0) is 6.85. The lowest BCUT2D eigenvalue weighted by molar-refractivity contribution is 1.45. The highest BCUT2D eigenvalue weighted by molar-refractivity contribution is 14.1. The predicted molar refractivity (Wildman–Crippen MR) is 43.9 cm³/mol. The summed E-state index contributed by atoms with van der Waals surface area (Å²) >= 11 is 2.16. The Morgan fingerprint density at radius 2 is 2.50 bits per heavy atom. The van der Waals surface area contributed by atoms with Crippen molar-refractivity contribution in [1.82, 2.24) is 0 Å². The van der Waals surface area contributed by atoms with Crippen LogP contribution in [-0.4, -0.2) is 0 Å². The predicted octanol–water partition coefficient (Wildman–Crippen LogP) is 2.60. The minimum absolute atomic E-state index is 0.612. The second-order valence-electron chi connectivity index (χ2n) is 1.71. The topological polar surface area (TPSA) is 0 Å². The van der Waals surface area contributed by atoms with Gasteiger partial charge in [-0.1, -0.05) is 17.7 Å². The average molecular weight is 219 g/mol. The summed E-state index contributed by atoms with van der Waals surface area (Å²) in [6.45, 7) is 2.03. The van der Waals surface area contributed by atoms with E-state index in [-0.39, 0.29) is 0 Å². The lowest BCUT2D eigenvalue weighted by Gasteiger charge is -1.89. The minimum Gasteiger partial charge on any atom is -0.0610 e. The van der Waals surface area contributed by atoms with Gasteiger partial charge in [0, 0.05) is 3.57 Å². The molecule has 1 aromatic carbocycles. The minimum atomic E-state index is 0.612. The van der Waals surface area contributed by atoms with Gasteiger partial charge in [-0.25, -0.2) is 0 Å². The summed E-state index contributed by atoms with van der Waals surface area (Å²) in [5, 5.41) is 0. The number of hydrogen-bond acceptors (Lipinski definition) is 0. The molecule has 0 aliphatic rings. The summed E-state index contributed by atoms with van der Waals surface area (Å²) < 4.78 is 8.33. The van der Waals surface area contributed by atoms with Gasteiger partial charge < -0.3 is 0 Å². The fourth-order valence-electron chi connectivity index (χ4n) is 0.542. The van der Waals surface area contributed by atoms with Crippen molar-refractivity contribution < 1.29 is 1.37 Å². The first-order valence-corrected chi connectivity index (χ1v) is 3.51. The zero-order valence-electron chi connectivity index (χ0n) is 5.61. The lowest BCUT2D eigenvalue weighted by Crippen LogP contribution is -1.70. The Bertz CT molecular complexity index is 220. The van der Waals surface area contributed by atoms with Crippen LogP contribution in [0, 0.1) is 10.5 Å². The van der Waals surface area contributed by atoms with E-state index in [1.807, 2.05) is 25.1 Å². The van der Waals surface area contributed by atoms with Crippen molar-refractivity contribution in [1.29, 1.82) is 0 Å². The molecule has 8 heavy (non-hydrogen) atoms. The van der Waals surface area contributed by atoms with Crippen LogP contribution in [0.5, 0.6) is 0 Å². The fraction of sp³-hybridized carbons (Fsp3) is 0.143. The Labute approximate surface area is 64.5 Å². The number of benzene rings is 1. The monoisotopic (exact) mass is 219 g/mol. The molecule has 0 aliphatic heterocycles. The number of hydrogen-bond donors (Lipinski definition) is 0. The van der Waals surface area contributed by atoms with Crippen molar-refractivity contribution in [3.63, 3.8) is 0 Å². The Balaban J connectivity index is 3.17. The first kappa shape index (κ1) is 4.79. The van der Waals surface area contributed by atoms with Gasteiger partial charge in [0.05, 0.1) is 1.37 Å². The third-order valence-electron chi connectivity index (χ3n) is 0.922. The van der Waals surface area contributed by atoms with E-state index < -0.39 is 0 Å². The SMILES string of the molecule is [2H]c1ccc(C)cc1I. The molecule has 0 aromatic heterocycles. The highest BCUT2D eigenvalue weighted by atomic mass is 127. The third kappa shape index (κ3) is 1.47. The molecule has 0 atom stereocenters. The summed E-state index contributed by atoms with van der Waals surface area (Å²) in [7, 11) is 0. The molecule has 0 radical (unpaired) electrons. The zero-order valence-corrected chi connectivity index (χ0v) is 6.77. The van der Waals surface area contributed by atoms with Crippen LogP contribution in [0.4, 0.5) is 0 Å². The van der Waals surface area contributed by atoms with Gasteiger partial charge in [0.1, 0.15) is 0 Å². The van der Waals surface area contributed by atoms with Crippen LogP contribution >= 0.6 is 22.6 Å². The number of rotatable bonds is 0. The quantitative estimate of drug-likeness (QED) is 0.588. The molecule has 0 amide bonds. The van der Waals surface area contributed by atoms with E-state index in [0.717, 1.165) is 3.57 Å². The second kappa shape index (κ2) is 2.49. The molecule has 1 rings (SSSR count). The summed E-state index contributed by atoms with van der Waals surface area (Å²) in [6.07, 6.45) is 0. The molecular weight excluding hydrogens is 211 g/mol. The summed E-state index contributed by atoms with van der Waals surface area (Å²) in [4.78, 5) is 0. The maximum absolute atomic E-state index is 7.31. The van der Waals surface area contributed by atoms with Crippen LogP contribution in [0.3, 0.4) is 0 Å². The molecule has 0 nitrogen and oxygen atoms in total. The molecule has 0 saturated heterocycles. The van der Waals surface area contributed by atoms with E-state index in [1.54, 1.807) is 0 Å². The van der Waals surface area contributed by atoms with E-state index in [0.29, 0.717) is 6.04 Å². The molecule has 0 fully saturated rings. The lowest BCUT2D eigenvalue weighted by atomic mass is 10.2. The molecule has 1 aromatic rings. The van der Waals surface area contributed by atoms with E-state index in [9.17, 15) is 0 Å². The molecule has 42 valence electrons. The van der Waals surface area contributed by atoms with Gasteiger partial charge in [-0.2, -0.15) is 0 Å². The fourth-order valence-corrected chi connectivity index (χ4v) is 1.21. The molecular formula is C7H7I. The van der Waals surface area contributed by atoms with Crippen LogP contribution in [0.1, 0.15) is 6.93 Å². The van der Waals surface area contributed by atoms with Gasteiger partial charge in [-0.15, -0.1) is 0 Å². The number of halogens is 1. The Hall–Kier alpha value is -0.0500.